The molecule has 4 heteroatoms. The van der Waals surface area contributed by atoms with E-state index in [0.29, 0.717) is 0 Å². The highest BCUT2D eigenvalue weighted by atomic mass is 31.2. The van der Waals surface area contributed by atoms with Crippen LogP contribution in [0.2, 0.25) is 0 Å². The summed E-state index contributed by atoms with van der Waals surface area (Å²) in [5, 5.41) is 0. The van der Waals surface area contributed by atoms with E-state index in [1.165, 1.54) is 42.4 Å². The molecule has 32 heavy (non-hydrogen) atoms. The number of rotatable bonds is 7. The Balaban J connectivity index is 2.37. The Bertz CT molecular complexity index is 706. The van der Waals surface area contributed by atoms with Gasteiger partial charge in [-0.3, -0.25) is 0 Å². The van der Waals surface area contributed by atoms with E-state index in [2.05, 4.69) is 88.3 Å². The lowest BCUT2D eigenvalue weighted by molar-refractivity contribution is 0.00760. The van der Waals surface area contributed by atoms with Gasteiger partial charge in [0, 0.05) is 16.5 Å². The largest absolute Gasteiger partial charge is 0.426 e. The zero-order valence-corrected chi connectivity index (χ0v) is 23.7. The second kappa shape index (κ2) is 10.3. The van der Waals surface area contributed by atoms with Gasteiger partial charge in [0.15, 0.2) is 0 Å². The van der Waals surface area contributed by atoms with Gasteiger partial charge in [-0.05, 0) is 34.7 Å². The van der Waals surface area contributed by atoms with Crippen LogP contribution in [0.5, 0.6) is 5.75 Å². The molecule has 1 aliphatic rings. The van der Waals surface area contributed by atoms with Gasteiger partial charge in [0.05, 0.1) is 13.2 Å². The first-order valence-electron chi connectivity index (χ1n) is 12.6. The van der Waals surface area contributed by atoms with Crippen molar-refractivity contribution >= 4 is 8.60 Å². The molecule has 2 rings (SSSR count). The van der Waals surface area contributed by atoms with Gasteiger partial charge < -0.3 is 13.6 Å². The molecule has 0 atom stereocenters. The van der Waals surface area contributed by atoms with Gasteiger partial charge in [-0.1, -0.05) is 108 Å². The quantitative estimate of drug-likeness (QED) is 0.297. The molecule has 1 aromatic carbocycles. The van der Waals surface area contributed by atoms with Crippen LogP contribution in [0.15, 0.2) is 12.1 Å². The van der Waals surface area contributed by atoms with Crippen LogP contribution in [0, 0.1) is 5.41 Å². The van der Waals surface area contributed by atoms with Crippen molar-refractivity contribution in [2.75, 3.05) is 13.2 Å². The van der Waals surface area contributed by atoms with Crippen molar-refractivity contribution in [3.63, 3.8) is 0 Å². The van der Waals surface area contributed by atoms with E-state index in [1.807, 2.05) is 0 Å². The molecule has 0 bridgehead atoms. The lowest BCUT2D eigenvalue weighted by Gasteiger charge is -2.39. The molecule has 1 aliphatic heterocycles. The van der Waals surface area contributed by atoms with E-state index < -0.39 is 8.60 Å². The average Bonchev–Trinajstić information content (AvgIpc) is 2.67. The summed E-state index contributed by atoms with van der Waals surface area (Å²) >= 11 is 0. The first-order chi connectivity index (χ1) is 14.6. The Morgan fingerprint density at radius 2 is 1.31 bits per heavy atom. The molecule has 184 valence electrons. The molecule has 0 spiro atoms. The Kier molecular flexibility index (Phi) is 8.91. The molecule has 3 nitrogen and oxygen atoms in total. The van der Waals surface area contributed by atoms with Gasteiger partial charge in [-0.15, -0.1) is 0 Å². The van der Waals surface area contributed by atoms with Crippen molar-refractivity contribution in [3.8, 4) is 5.75 Å². The summed E-state index contributed by atoms with van der Waals surface area (Å²) in [6.45, 7) is 26.4. The van der Waals surface area contributed by atoms with E-state index in [4.69, 9.17) is 13.6 Å². The highest BCUT2D eigenvalue weighted by Gasteiger charge is 2.39. The predicted octanol–water partition coefficient (Wildman–Crippen LogP) is 9.21. The topological polar surface area (TPSA) is 27.7 Å². The third kappa shape index (κ3) is 6.94. The van der Waals surface area contributed by atoms with Crippen molar-refractivity contribution in [3.05, 3.63) is 28.8 Å². The minimum absolute atomic E-state index is 0.0466. The van der Waals surface area contributed by atoms with Crippen molar-refractivity contribution in [2.45, 2.75) is 125 Å². The average molecular weight is 465 g/mol. The summed E-state index contributed by atoms with van der Waals surface area (Å²) in [5.74, 6) is 0.957. The van der Waals surface area contributed by atoms with Crippen LogP contribution in [-0.2, 0) is 25.3 Å². The minimum atomic E-state index is -1.40. The first-order valence-corrected chi connectivity index (χ1v) is 13.7. The zero-order valence-electron chi connectivity index (χ0n) is 22.8. The van der Waals surface area contributed by atoms with Gasteiger partial charge in [0.1, 0.15) is 5.75 Å². The summed E-state index contributed by atoms with van der Waals surface area (Å²) < 4.78 is 19.2. The molecule has 1 fully saturated rings. The van der Waals surface area contributed by atoms with Gasteiger partial charge in [-0.25, -0.2) is 0 Å². The molecule has 1 saturated heterocycles. The van der Waals surface area contributed by atoms with Crippen molar-refractivity contribution in [1.82, 2.24) is 0 Å². The summed E-state index contributed by atoms with van der Waals surface area (Å²) in [6, 6.07) is 4.68. The van der Waals surface area contributed by atoms with Crippen LogP contribution in [0.3, 0.4) is 0 Å². The van der Waals surface area contributed by atoms with E-state index >= 15 is 0 Å². The molecule has 1 heterocycles. The van der Waals surface area contributed by atoms with Crippen LogP contribution in [0.25, 0.3) is 0 Å². The van der Waals surface area contributed by atoms with E-state index in [-0.39, 0.29) is 21.7 Å². The molecule has 0 saturated carbocycles. The SMILES string of the molecule is CCCCCC1(CC)COP(Oc2c(C(C)(C)C)cc(C(C)(C)C)cc2C(C)(C)C)OC1. The first kappa shape index (κ1) is 27.6. The second-order valence-electron chi connectivity index (χ2n) is 12.8. The molecule has 1 aromatic rings. The van der Waals surface area contributed by atoms with Gasteiger partial charge >= 0.3 is 8.60 Å². The highest BCUT2D eigenvalue weighted by Crippen LogP contribution is 2.53. The van der Waals surface area contributed by atoms with Gasteiger partial charge in [0.25, 0.3) is 0 Å². The maximum Gasteiger partial charge on any atom is 0.397 e. The van der Waals surface area contributed by atoms with Crippen LogP contribution < -0.4 is 4.52 Å². The Morgan fingerprint density at radius 1 is 0.812 bits per heavy atom. The third-order valence-corrected chi connectivity index (χ3v) is 7.76. The Labute approximate surface area is 200 Å². The number of hydrogen-bond acceptors (Lipinski definition) is 3. The standard InChI is InChI=1S/C28H49O3P/c1-12-14-15-16-28(13-2)19-29-32(30-20-28)31-24-22(26(6,7)8)17-21(25(3,4)5)18-23(24)27(9,10)11/h17-18H,12-16,19-20H2,1-11H3. The third-order valence-electron chi connectivity index (χ3n) is 6.75. The molecule has 0 unspecified atom stereocenters. The second-order valence-corrected chi connectivity index (χ2v) is 14.0. The lowest BCUT2D eigenvalue weighted by Crippen LogP contribution is -2.35. The van der Waals surface area contributed by atoms with Crippen LogP contribution >= 0.6 is 8.60 Å². The maximum absolute atomic E-state index is 6.62. The normalized spacial score (nSPS) is 22.8. The summed E-state index contributed by atoms with van der Waals surface area (Å²) in [4.78, 5) is 0. The fourth-order valence-electron chi connectivity index (χ4n) is 4.14. The van der Waals surface area contributed by atoms with Crippen molar-refractivity contribution in [1.29, 1.82) is 0 Å². The fourth-order valence-corrected chi connectivity index (χ4v) is 5.42. The maximum atomic E-state index is 6.62. The monoisotopic (exact) mass is 464 g/mol. The number of unbranched alkanes of at least 4 members (excludes halogenated alkanes) is 2. The van der Waals surface area contributed by atoms with Crippen molar-refractivity contribution in [2.24, 2.45) is 5.41 Å². The summed E-state index contributed by atoms with van der Waals surface area (Å²) in [5.41, 5.74) is 3.93. The van der Waals surface area contributed by atoms with Crippen LogP contribution in [0.1, 0.15) is 125 Å². The van der Waals surface area contributed by atoms with Crippen molar-refractivity contribution < 1.29 is 13.6 Å². The Morgan fingerprint density at radius 3 is 1.69 bits per heavy atom. The lowest BCUT2D eigenvalue weighted by atomic mass is 9.75. The number of hydrogen-bond donors (Lipinski definition) is 0. The molecular weight excluding hydrogens is 415 g/mol. The summed E-state index contributed by atoms with van der Waals surface area (Å²) in [7, 11) is -1.40. The highest BCUT2D eigenvalue weighted by molar-refractivity contribution is 7.42. The smallest absolute Gasteiger partial charge is 0.397 e. The minimum Gasteiger partial charge on any atom is -0.426 e. The zero-order chi connectivity index (χ0) is 24.4. The molecule has 0 aliphatic carbocycles. The van der Waals surface area contributed by atoms with E-state index in [0.717, 1.165) is 25.4 Å². The van der Waals surface area contributed by atoms with E-state index in [9.17, 15) is 0 Å². The summed E-state index contributed by atoms with van der Waals surface area (Å²) in [6.07, 6.45) is 6.01. The molecule has 0 aromatic heterocycles. The predicted molar refractivity (Wildman–Crippen MR) is 139 cm³/mol. The molecule has 0 amide bonds. The number of benzene rings is 1. The molecular formula is C28H49O3P. The van der Waals surface area contributed by atoms with Gasteiger partial charge in [0.2, 0.25) is 0 Å². The Hall–Kier alpha value is -0.630. The molecule has 0 radical (unpaired) electrons. The van der Waals surface area contributed by atoms with Gasteiger partial charge in [-0.2, -0.15) is 0 Å². The van der Waals surface area contributed by atoms with E-state index in [1.54, 1.807) is 0 Å². The van der Waals surface area contributed by atoms with Crippen LogP contribution in [0.4, 0.5) is 0 Å². The fraction of sp³-hybridized carbons (Fsp3) is 0.786. The molecule has 0 N–H and O–H groups in total. The van der Waals surface area contributed by atoms with Crippen LogP contribution in [-0.4, -0.2) is 13.2 Å².